The van der Waals surface area contributed by atoms with Crippen molar-refractivity contribution in [1.82, 2.24) is 14.5 Å². The molecular formula is C28H35ClN4O4. The van der Waals surface area contributed by atoms with E-state index in [-0.39, 0.29) is 11.8 Å². The van der Waals surface area contributed by atoms with Crippen molar-refractivity contribution in [2.75, 3.05) is 18.6 Å². The largest absolute Gasteiger partial charge is 0.464 e. The van der Waals surface area contributed by atoms with Crippen molar-refractivity contribution in [3.63, 3.8) is 0 Å². The first-order chi connectivity index (χ1) is 17.6. The molecule has 0 bridgehead atoms. The van der Waals surface area contributed by atoms with Gasteiger partial charge >= 0.3 is 12.1 Å². The minimum Gasteiger partial charge on any atom is -0.464 e. The van der Waals surface area contributed by atoms with Crippen LogP contribution in [0.5, 0.6) is 0 Å². The third-order valence-corrected chi connectivity index (χ3v) is 6.99. The summed E-state index contributed by atoms with van der Waals surface area (Å²) in [6.07, 6.45) is 5.49. The summed E-state index contributed by atoms with van der Waals surface area (Å²) in [4.78, 5) is 36.0. The SMILES string of the molecule is COC(=O)c1ccc2nc(C)n(Cc3ccc(N(CC4CCCCC4)C(=O)OC(C)(C)C)cc3Cl)c2n1. The van der Waals surface area contributed by atoms with Gasteiger partial charge in [0, 0.05) is 17.3 Å². The monoisotopic (exact) mass is 526 g/mol. The average Bonchev–Trinajstić information content (AvgIpc) is 3.16. The van der Waals surface area contributed by atoms with Crippen molar-refractivity contribution in [3.8, 4) is 0 Å². The summed E-state index contributed by atoms with van der Waals surface area (Å²) >= 11 is 6.77. The van der Waals surface area contributed by atoms with E-state index in [1.165, 1.54) is 26.4 Å². The number of anilines is 1. The number of hydrogen-bond acceptors (Lipinski definition) is 6. The van der Waals surface area contributed by atoms with E-state index in [4.69, 9.17) is 21.1 Å². The molecule has 1 aliphatic rings. The zero-order valence-corrected chi connectivity index (χ0v) is 23.0. The summed E-state index contributed by atoms with van der Waals surface area (Å²) in [5.41, 5.74) is 2.44. The maximum absolute atomic E-state index is 13.2. The van der Waals surface area contributed by atoms with Gasteiger partial charge in [0.25, 0.3) is 0 Å². The number of carbonyl (C=O) groups is 2. The molecule has 37 heavy (non-hydrogen) atoms. The van der Waals surface area contributed by atoms with E-state index in [2.05, 4.69) is 9.97 Å². The predicted octanol–water partition coefficient (Wildman–Crippen LogP) is 6.55. The zero-order chi connectivity index (χ0) is 26.7. The molecule has 0 radical (unpaired) electrons. The lowest BCUT2D eigenvalue weighted by molar-refractivity contribution is 0.0568. The van der Waals surface area contributed by atoms with Crippen LogP contribution in [0.2, 0.25) is 5.02 Å². The Morgan fingerprint density at radius 1 is 1.11 bits per heavy atom. The molecule has 1 fully saturated rings. The molecule has 0 spiro atoms. The first-order valence-electron chi connectivity index (χ1n) is 12.8. The molecule has 1 aliphatic carbocycles. The Kier molecular flexibility index (Phi) is 8.07. The summed E-state index contributed by atoms with van der Waals surface area (Å²) in [7, 11) is 1.33. The van der Waals surface area contributed by atoms with E-state index in [0.29, 0.717) is 40.9 Å². The predicted molar refractivity (Wildman–Crippen MR) is 144 cm³/mol. The van der Waals surface area contributed by atoms with Crippen LogP contribution in [0, 0.1) is 12.8 Å². The highest BCUT2D eigenvalue weighted by Gasteiger charge is 2.27. The topological polar surface area (TPSA) is 86.6 Å². The van der Waals surface area contributed by atoms with Gasteiger partial charge < -0.3 is 14.0 Å². The summed E-state index contributed by atoms with van der Waals surface area (Å²) in [5.74, 6) is 0.682. The van der Waals surface area contributed by atoms with Crippen LogP contribution in [-0.4, -0.2) is 45.9 Å². The van der Waals surface area contributed by atoms with E-state index in [0.717, 1.165) is 24.2 Å². The average molecular weight is 527 g/mol. The smallest absolute Gasteiger partial charge is 0.414 e. The lowest BCUT2D eigenvalue weighted by atomic mass is 9.89. The van der Waals surface area contributed by atoms with Crippen LogP contribution in [-0.2, 0) is 16.0 Å². The number of imidazole rings is 1. The fourth-order valence-corrected chi connectivity index (χ4v) is 4.99. The third-order valence-electron chi connectivity index (χ3n) is 6.63. The van der Waals surface area contributed by atoms with Gasteiger partial charge in [-0.3, -0.25) is 4.90 Å². The number of carbonyl (C=O) groups excluding carboxylic acids is 2. The fourth-order valence-electron chi connectivity index (χ4n) is 4.76. The maximum Gasteiger partial charge on any atom is 0.414 e. The first-order valence-corrected chi connectivity index (χ1v) is 13.1. The van der Waals surface area contributed by atoms with Crippen LogP contribution in [0.15, 0.2) is 30.3 Å². The molecule has 2 heterocycles. The molecule has 2 aromatic heterocycles. The van der Waals surface area contributed by atoms with Gasteiger partial charge in [-0.1, -0.05) is 36.9 Å². The molecule has 198 valence electrons. The molecule has 1 amide bonds. The Labute approximate surface area is 222 Å². The van der Waals surface area contributed by atoms with Crippen molar-refractivity contribution in [2.24, 2.45) is 5.92 Å². The van der Waals surface area contributed by atoms with Gasteiger partial charge in [-0.15, -0.1) is 0 Å². The molecule has 4 rings (SSSR count). The third kappa shape index (κ3) is 6.42. The van der Waals surface area contributed by atoms with Crippen LogP contribution in [0.1, 0.15) is 74.8 Å². The Morgan fingerprint density at radius 3 is 2.49 bits per heavy atom. The molecule has 0 unspecified atom stereocenters. The number of rotatable bonds is 6. The second kappa shape index (κ2) is 11.1. The standard InChI is InChI=1S/C28H35ClN4O4/c1-18-30-23-13-14-24(26(34)36-5)31-25(23)32(18)17-20-11-12-21(15-22(20)29)33(27(35)37-28(2,3)4)16-19-9-7-6-8-10-19/h11-15,19H,6-10,16-17H2,1-5H3. The first kappa shape index (κ1) is 26.9. The Hall–Kier alpha value is -3.13. The molecule has 9 heteroatoms. The molecule has 1 saturated carbocycles. The summed E-state index contributed by atoms with van der Waals surface area (Å²) < 4.78 is 12.5. The normalized spacial score (nSPS) is 14.5. The fraction of sp³-hybridized carbons (Fsp3) is 0.500. The molecule has 0 saturated heterocycles. The van der Waals surface area contributed by atoms with Crippen molar-refractivity contribution in [2.45, 2.75) is 71.9 Å². The highest BCUT2D eigenvalue weighted by molar-refractivity contribution is 6.31. The Balaban J connectivity index is 1.63. The quantitative estimate of drug-likeness (QED) is 0.338. The minimum atomic E-state index is -0.596. The lowest BCUT2D eigenvalue weighted by Gasteiger charge is -2.32. The van der Waals surface area contributed by atoms with Gasteiger partial charge in [0.2, 0.25) is 0 Å². The maximum atomic E-state index is 13.2. The molecule has 0 N–H and O–H groups in total. The summed E-state index contributed by atoms with van der Waals surface area (Å²) in [5, 5.41) is 0.528. The van der Waals surface area contributed by atoms with Gasteiger partial charge in [-0.2, -0.15) is 0 Å². The number of methoxy groups -OCH3 is 1. The van der Waals surface area contributed by atoms with E-state index < -0.39 is 11.6 Å². The van der Waals surface area contributed by atoms with Gasteiger partial charge in [0.15, 0.2) is 11.3 Å². The molecule has 0 aliphatic heterocycles. The number of benzene rings is 1. The number of ether oxygens (including phenoxy) is 2. The summed E-state index contributed by atoms with van der Waals surface area (Å²) in [6.45, 7) is 8.52. The molecule has 1 aromatic carbocycles. The number of pyridine rings is 1. The number of halogens is 1. The molecule has 8 nitrogen and oxygen atoms in total. The van der Waals surface area contributed by atoms with Gasteiger partial charge in [0.05, 0.1) is 13.7 Å². The van der Waals surface area contributed by atoms with Gasteiger partial charge in [-0.25, -0.2) is 19.6 Å². The van der Waals surface area contributed by atoms with Crippen LogP contribution in [0.3, 0.4) is 0 Å². The van der Waals surface area contributed by atoms with Gasteiger partial charge in [0.1, 0.15) is 16.9 Å². The highest BCUT2D eigenvalue weighted by Crippen LogP contribution is 2.31. The van der Waals surface area contributed by atoms with Crippen molar-refractivity contribution in [1.29, 1.82) is 0 Å². The molecule has 0 atom stereocenters. The number of nitrogens with zero attached hydrogens (tertiary/aromatic N) is 4. The van der Waals surface area contributed by atoms with Crippen LogP contribution in [0.4, 0.5) is 10.5 Å². The second-order valence-electron chi connectivity index (χ2n) is 10.6. The molecule has 3 aromatic rings. The van der Waals surface area contributed by atoms with E-state index in [1.807, 2.05) is 50.5 Å². The van der Waals surface area contributed by atoms with Crippen LogP contribution >= 0.6 is 11.6 Å². The minimum absolute atomic E-state index is 0.216. The molecular weight excluding hydrogens is 492 g/mol. The van der Waals surface area contributed by atoms with Crippen molar-refractivity contribution >= 4 is 40.5 Å². The zero-order valence-electron chi connectivity index (χ0n) is 22.2. The summed E-state index contributed by atoms with van der Waals surface area (Å²) in [6, 6.07) is 9.02. The number of aromatic nitrogens is 3. The van der Waals surface area contributed by atoms with Crippen molar-refractivity contribution < 1.29 is 19.1 Å². The Morgan fingerprint density at radius 2 is 1.84 bits per heavy atom. The second-order valence-corrected chi connectivity index (χ2v) is 11.1. The van der Waals surface area contributed by atoms with E-state index in [1.54, 1.807) is 17.0 Å². The number of esters is 1. The lowest BCUT2D eigenvalue weighted by Crippen LogP contribution is -2.40. The van der Waals surface area contributed by atoms with Gasteiger partial charge in [-0.05, 0) is 76.3 Å². The Bertz CT molecular complexity index is 1290. The van der Waals surface area contributed by atoms with Crippen LogP contribution in [0.25, 0.3) is 11.2 Å². The van der Waals surface area contributed by atoms with Crippen molar-refractivity contribution in [3.05, 3.63) is 52.4 Å². The van der Waals surface area contributed by atoms with E-state index >= 15 is 0 Å². The number of fused-ring (bicyclic) bond motifs is 1. The van der Waals surface area contributed by atoms with E-state index in [9.17, 15) is 9.59 Å². The highest BCUT2D eigenvalue weighted by atomic mass is 35.5. The number of hydrogen-bond donors (Lipinski definition) is 0. The number of aryl methyl sites for hydroxylation is 1. The number of amides is 1. The van der Waals surface area contributed by atoms with Crippen LogP contribution < -0.4 is 4.90 Å².